The normalized spacial score (nSPS) is 16.8. The number of nitrogens with one attached hydrogen (secondary N) is 2. The van der Waals surface area contributed by atoms with Crippen molar-refractivity contribution in [2.24, 2.45) is 10.4 Å². The van der Waals surface area contributed by atoms with Crippen LogP contribution in [0.25, 0.3) is 0 Å². The molecule has 1 saturated carbocycles. The fraction of sp³-hybridized carbons (Fsp3) is 0.625. The Labute approximate surface area is 137 Å². The van der Waals surface area contributed by atoms with E-state index >= 15 is 0 Å². The second kappa shape index (κ2) is 8.22. The molecule has 5 nitrogen and oxygen atoms in total. The van der Waals surface area contributed by atoms with Gasteiger partial charge < -0.3 is 15.4 Å². The van der Waals surface area contributed by atoms with Gasteiger partial charge in [0.25, 0.3) is 0 Å². The molecule has 0 aliphatic heterocycles. The highest BCUT2D eigenvalue weighted by Crippen LogP contribution is 2.42. The molecule has 1 aromatic rings. The van der Waals surface area contributed by atoms with E-state index in [1.807, 2.05) is 0 Å². The van der Waals surface area contributed by atoms with Crippen LogP contribution in [0.1, 0.15) is 32.6 Å². The summed E-state index contributed by atoms with van der Waals surface area (Å²) in [4.78, 5) is 8.33. The number of hydrogen-bond acceptors (Lipinski definition) is 3. The van der Waals surface area contributed by atoms with Crippen LogP contribution in [0.4, 0.5) is 0 Å². The monoisotopic (exact) mass is 324 g/mol. The summed E-state index contributed by atoms with van der Waals surface area (Å²) in [5.74, 6) is 1.28. The first-order valence-corrected chi connectivity index (χ1v) is 8.25. The van der Waals surface area contributed by atoms with Crippen LogP contribution in [0.15, 0.2) is 23.3 Å². The molecule has 1 aliphatic carbocycles. The highest BCUT2D eigenvalue weighted by Gasteiger charge is 2.34. The summed E-state index contributed by atoms with van der Waals surface area (Å²) >= 11 is 5.99. The van der Waals surface area contributed by atoms with Crippen molar-refractivity contribution in [2.75, 3.05) is 26.7 Å². The molecule has 0 bridgehead atoms. The Balaban J connectivity index is 1.67. The van der Waals surface area contributed by atoms with Crippen molar-refractivity contribution in [1.29, 1.82) is 0 Å². The molecule has 0 unspecified atom stereocenters. The Morgan fingerprint density at radius 1 is 1.45 bits per heavy atom. The second-order valence-electron chi connectivity index (χ2n) is 5.70. The van der Waals surface area contributed by atoms with E-state index in [-0.39, 0.29) is 0 Å². The predicted molar refractivity (Wildman–Crippen MR) is 90.7 cm³/mol. The van der Waals surface area contributed by atoms with E-state index in [1.165, 1.54) is 25.7 Å². The maximum Gasteiger partial charge on any atom is 0.232 e. The van der Waals surface area contributed by atoms with Gasteiger partial charge in [-0.15, -0.1) is 0 Å². The quantitative estimate of drug-likeness (QED) is 0.460. The average Bonchev–Trinajstić information content (AvgIpc) is 2.50. The van der Waals surface area contributed by atoms with Crippen LogP contribution >= 0.6 is 11.6 Å². The first-order chi connectivity index (χ1) is 10.7. The van der Waals surface area contributed by atoms with Gasteiger partial charge in [0.15, 0.2) is 5.96 Å². The first kappa shape index (κ1) is 16.9. The minimum Gasteiger partial charge on any atom is -0.475 e. The van der Waals surface area contributed by atoms with Crippen LogP contribution in [0, 0.1) is 5.41 Å². The highest BCUT2D eigenvalue weighted by atomic mass is 35.5. The third kappa shape index (κ3) is 4.50. The van der Waals surface area contributed by atoms with E-state index in [1.54, 1.807) is 25.4 Å². The summed E-state index contributed by atoms with van der Waals surface area (Å²) in [5, 5.41) is 7.19. The molecular formula is C16H25ClN4O. The lowest BCUT2D eigenvalue weighted by molar-refractivity contribution is 0.131. The fourth-order valence-electron chi connectivity index (χ4n) is 2.62. The maximum absolute atomic E-state index is 5.99. The molecule has 0 aromatic carbocycles. The van der Waals surface area contributed by atoms with Crippen molar-refractivity contribution in [3.05, 3.63) is 23.4 Å². The van der Waals surface area contributed by atoms with Crippen LogP contribution in [0.2, 0.25) is 5.02 Å². The third-order valence-corrected chi connectivity index (χ3v) is 4.66. The van der Waals surface area contributed by atoms with Crippen LogP contribution in [0.3, 0.4) is 0 Å². The van der Waals surface area contributed by atoms with Gasteiger partial charge in [0.1, 0.15) is 11.6 Å². The van der Waals surface area contributed by atoms with E-state index in [0.717, 1.165) is 12.5 Å². The van der Waals surface area contributed by atoms with Crippen LogP contribution in [-0.2, 0) is 0 Å². The molecule has 0 radical (unpaired) electrons. The summed E-state index contributed by atoms with van der Waals surface area (Å²) in [6.07, 6.45) is 6.86. The summed E-state index contributed by atoms with van der Waals surface area (Å²) in [5.41, 5.74) is 0.468. The Bertz CT molecular complexity index is 497. The molecule has 1 aromatic heterocycles. The van der Waals surface area contributed by atoms with Crippen LogP contribution < -0.4 is 15.4 Å². The molecule has 0 saturated heterocycles. The van der Waals surface area contributed by atoms with Gasteiger partial charge in [0.05, 0.1) is 6.54 Å². The zero-order valence-corrected chi connectivity index (χ0v) is 14.1. The largest absolute Gasteiger partial charge is 0.475 e. The average molecular weight is 325 g/mol. The molecule has 1 fully saturated rings. The second-order valence-corrected chi connectivity index (χ2v) is 6.11. The maximum atomic E-state index is 5.99. The van der Waals surface area contributed by atoms with Gasteiger partial charge in [0, 0.05) is 19.8 Å². The van der Waals surface area contributed by atoms with Crippen molar-refractivity contribution >= 4 is 17.6 Å². The molecule has 1 aliphatic rings. The number of aromatic nitrogens is 1. The number of hydrogen-bond donors (Lipinski definition) is 2. The molecule has 0 spiro atoms. The van der Waals surface area contributed by atoms with Crippen molar-refractivity contribution in [2.45, 2.75) is 32.6 Å². The lowest BCUT2D eigenvalue weighted by Gasteiger charge is -2.41. The van der Waals surface area contributed by atoms with Crippen molar-refractivity contribution in [3.8, 4) is 5.88 Å². The molecule has 2 N–H and O–H groups in total. The van der Waals surface area contributed by atoms with Gasteiger partial charge in [0.2, 0.25) is 5.88 Å². The SMILES string of the molecule is CCC1(CNC(=NC)NCCOc2ncccc2Cl)CCC1. The van der Waals surface area contributed by atoms with Gasteiger partial charge >= 0.3 is 0 Å². The molecule has 0 atom stereocenters. The highest BCUT2D eigenvalue weighted by molar-refractivity contribution is 6.31. The van der Waals surface area contributed by atoms with Crippen LogP contribution in [0.5, 0.6) is 5.88 Å². The molecule has 22 heavy (non-hydrogen) atoms. The zero-order valence-electron chi connectivity index (χ0n) is 13.4. The number of guanidine groups is 1. The number of rotatable bonds is 7. The zero-order chi connectivity index (χ0) is 15.8. The molecule has 0 amide bonds. The van der Waals surface area contributed by atoms with Gasteiger partial charge in [-0.3, -0.25) is 4.99 Å². The molecule has 122 valence electrons. The Kier molecular flexibility index (Phi) is 6.31. The van der Waals surface area contributed by atoms with Gasteiger partial charge in [-0.2, -0.15) is 0 Å². The van der Waals surface area contributed by atoms with E-state index in [9.17, 15) is 0 Å². The lowest BCUT2D eigenvalue weighted by atomic mass is 9.67. The fourth-order valence-corrected chi connectivity index (χ4v) is 2.79. The predicted octanol–water partition coefficient (Wildman–Crippen LogP) is 2.86. The standard InChI is InChI=1S/C16H25ClN4O/c1-3-16(7-5-8-16)12-21-15(18-2)20-10-11-22-14-13(17)6-4-9-19-14/h4,6,9H,3,5,7-8,10-12H2,1-2H3,(H2,18,20,21). The van der Waals surface area contributed by atoms with E-state index in [4.69, 9.17) is 16.3 Å². The summed E-state index contributed by atoms with van der Waals surface area (Å²) in [6, 6.07) is 3.55. The molecule has 1 heterocycles. The number of pyridine rings is 1. The number of aliphatic imine (C=N–C) groups is 1. The van der Waals surface area contributed by atoms with Gasteiger partial charge in [-0.05, 0) is 36.8 Å². The van der Waals surface area contributed by atoms with E-state index in [2.05, 4.69) is 27.5 Å². The number of halogens is 1. The number of nitrogens with zero attached hydrogens (tertiary/aromatic N) is 2. The number of ether oxygens (including phenoxy) is 1. The van der Waals surface area contributed by atoms with Crippen molar-refractivity contribution < 1.29 is 4.74 Å². The lowest BCUT2D eigenvalue weighted by Crippen LogP contribution is -2.46. The topological polar surface area (TPSA) is 58.5 Å². The van der Waals surface area contributed by atoms with Gasteiger partial charge in [-0.25, -0.2) is 4.98 Å². The van der Waals surface area contributed by atoms with E-state index in [0.29, 0.717) is 29.5 Å². The smallest absolute Gasteiger partial charge is 0.232 e. The molecule has 2 rings (SSSR count). The van der Waals surface area contributed by atoms with E-state index < -0.39 is 0 Å². The molecular weight excluding hydrogens is 300 g/mol. The minimum atomic E-state index is 0.466. The Hall–Kier alpha value is -1.49. The first-order valence-electron chi connectivity index (χ1n) is 7.87. The van der Waals surface area contributed by atoms with Crippen LogP contribution in [-0.4, -0.2) is 37.7 Å². The molecule has 6 heteroatoms. The Morgan fingerprint density at radius 2 is 2.27 bits per heavy atom. The van der Waals surface area contributed by atoms with Gasteiger partial charge in [-0.1, -0.05) is 24.9 Å². The minimum absolute atomic E-state index is 0.466. The Morgan fingerprint density at radius 3 is 2.86 bits per heavy atom. The summed E-state index contributed by atoms with van der Waals surface area (Å²) in [7, 11) is 1.78. The summed E-state index contributed by atoms with van der Waals surface area (Å²) < 4.78 is 5.54. The van der Waals surface area contributed by atoms with Crippen molar-refractivity contribution in [3.63, 3.8) is 0 Å². The van der Waals surface area contributed by atoms with Crippen molar-refractivity contribution in [1.82, 2.24) is 15.6 Å². The summed E-state index contributed by atoms with van der Waals surface area (Å²) in [6.45, 7) is 4.37. The third-order valence-electron chi connectivity index (χ3n) is 4.38.